The highest BCUT2D eigenvalue weighted by molar-refractivity contribution is 6.01. The predicted octanol–water partition coefficient (Wildman–Crippen LogP) is 5.48. The molecule has 0 saturated heterocycles. The molecule has 4 nitrogen and oxygen atoms in total. The van der Waals surface area contributed by atoms with Gasteiger partial charge in [0.25, 0.3) is 0 Å². The molecule has 0 amide bonds. The molecule has 0 saturated carbocycles. The van der Waals surface area contributed by atoms with E-state index in [9.17, 15) is 0 Å². The van der Waals surface area contributed by atoms with E-state index < -0.39 is 0 Å². The standard InChI is InChI=1S/C23H22N4/c1-15-7-4-8-18(13-15)16(2)25-23-22-20(19-9-6-12-24-14-19)10-5-11-21(22)26-17(3)27-23/h4-14,16H,1-3H3,(H,25,26,27). The number of benzene rings is 2. The Bertz CT molecular complexity index is 1090. The van der Waals surface area contributed by atoms with Crippen LogP contribution in [0.1, 0.15) is 29.9 Å². The Hall–Kier alpha value is -3.27. The van der Waals surface area contributed by atoms with Crippen molar-refractivity contribution in [3.05, 3.63) is 83.9 Å². The third-order valence-electron chi connectivity index (χ3n) is 4.70. The quantitative estimate of drug-likeness (QED) is 0.527. The molecule has 4 heteroatoms. The zero-order chi connectivity index (χ0) is 18.8. The van der Waals surface area contributed by atoms with Gasteiger partial charge in [-0.3, -0.25) is 4.98 Å². The van der Waals surface area contributed by atoms with Gasteiger partial charge >= 0.3 is 0 Å². The normalized spacial score (nSPS) is 12.1. The fourth-order valence-corrected chi connectivity index (χ4v) is 3.39. The molecule has 0 bridgehead atoms. The van der Waals surface area contributed by atoms with Crippen molar-refractivity contribution in [3.63, 3.8) is 0 Å². The van der Waals surface area contributed by atoms with Gasteiger partial charge in [0.15, 0.2) is 0 Å². The molecule has 1 atom stereocenters. The molecule has 4 aromatic rings. The van der Waals surface area contributed by atoms with Crippen LogP contribution < -0.4 is 5.32 Å². The second kappa shape index (κ2) is 7.16. The summed E-state index contributed by atoms with van der Waals surface area (Å²) in [5.74, 6) is 1.61. The van der Waals surface area contributed by atoms with E-state index in [4.69, 9.17) is 4.98 Å². The predicted molar refractivity (Wildman–Crippen MR) is 111 cm³/mol. The van der Waals surface area contributed by atoms with E-state index in [-0.39, 0.29) is 6.04 Å². The largest absolute Gasteiger partial charge is 0.363 e. The van der Waals surface area contributed by atoms with Crippen LogP contribution in [0.2, 0.25) is 0 Å². The van der Waals surface area contributed by atoms with Gasteiger partial charge in [0.05, 0.1) is 10.9 Å². The molecule has 134 valence electrons. The smallest absolute Gasteiger partial charge is 0.138 e. The number of nitrogens with one attached hydrogen (secondary N) is 1. The lowest BCUT2D eigenvalue weighted by atomic mass is 10.0. The first kappa shape index (κ1) is 17.2. The molecule has 0 aliphatic heterocycles. The van der Waals surface area contributed by atoms with Crippen molar-refractivity contribution in [2.75, 3.05) is 5.32 Å². The highest BCUT2D eigenvalue weighted by atomic mass is 15.0. The van der Waals surface area contributed by atoms with E-state index in [0.29, 0.717) is 0 Å². The number of aromatic nitrogens is 3. The Morgan fingerprint density at radius 2 is 1.78 bits per heavy atom. The summed E-state index contributed by atoms with van der Waals surface area (Å²) in [5, 5.41) is 4.63. The molecule has 2 aromatic carbocycles. The third-order valence-corrected chi connectivity index (χ3v) is 4.70. The first-order chi connectivity index (χ1) is 13.1. The van der Waals surface area contributed by atoms with Crippen molar-refractivity contribution in [3.8, 4) is 11.1 Å². The highest BCUT2D eigenvalue weighted by Crippen LogP contribution is 2.33. The Morgan fingerprint density at radius 3 is 2.56 bits per heavy atom. The van der Waals surface area contributed by atoms with Crippen molar-refractivity contribution in [1.29, 1.82) is 0 Å². The molecule has 2 aromatic heterocycles. The average molecular weight is 354 g/mol. The van der Waals surface area contributed by atoms with Crippen LogP contribution >= 0.6 is 0 Å². The number of hydrogen-bond donors (Lipinski definition) is 1. The summed E-state index contributed by atoms with van der Waals surface area (Å²) >= 11 is 0. The second-order valence-electron chi connectivity index (χ2n) is 6.84. The Labute approximate surface area is 159 Å². The summed E-state index contributed by atoms with van der Waals surface area (Å²) in [6, 6.07) is 18.9. The van der Waals surface area contributed by atoms with Crippen LogP contribution in [0.3, 0.4) is 0 Å². The summed E-state index contributed by atoms with van der Waals surface area (Å²) in [6.07, 6.45) is 3.66. The molecule has 1 unspecified atom stereocenters. The van der Waals surface area contributed by atoms with Crippen molar-refractivity contribution >= 4 is 16.7 Å². The summed E-state index contributed by atoms with van der Waals surface area (Å²) in [5.41, 5.74) is 5.56. The van der Waals surface area contributed by atoms with Crippen molar-refractivity contribution < 1.29 is 0 Å². The third kappa shape index (κ3) is 3.51. The lowest BCUT2D eigenvalue weighted by Gasteiger charge is -2.19. The molecule has 0 spiro atoms. The molecule has 1 N–H and O–H groups in total. The minimum absolute atomic E-state index is 0.129. The Morgan fingerprint density at radius 1 is 0.926 bits per heavy atom. The monoisotopic (exact) mass is 354 g/mol. The maximum Gasteiger partial charge on any atom is 0.138 e. The van der Waals surface area contributed by atoms with Gasteiger partial charge in [-0.1, -0.05) is 48.0 Å². The molecule has 0 aliphatic carbocycles. The van der Waals surface area contributed by atoms with Gasteiger partial charge in [-0.2, -0.15) is 0 Å². The fourth-order valence-electron chi connectivity index (χ4n) is 3.39. The van der Waals surface area contributed by atoms with E-state index in [1.165, 1.54) is 11.1 Å². The van der Waals surface area contributed by atoms with E-state index in [1.807, 2.05) is 31.3 Å². The number of hydrogen-bond acceptors (Lipinski definition) is 4. The molecule has 0 fully saturated rings. The highest BCUT2D eigenvalue weighted by Gasteiger charge is 2.14. The zero-order valence-corrected chi connectivity index (χ0v) is 15.8. The molecule has 4 rings (SSSR count). The molecule has 0 aliphatic rings. The van der Waals surface area contributed by atoms with Crippen LogP contribution in [-0.2, 0) is 0 Å². The lowest BCUT2D eigenvalue weighted by Crippen LogP contribution is -2.10. The van der Waals surface area contributed by atoms with E-state index in [2.05, 4.69) is 65.5 Å². The van der Waals surface area contributed by atoms with Crippen LogP contribution in [0.5, 0.6) is 0 Å². The average Bonchev–Trinajstić information content (AvgIpc) is 2.68. The summed E-state index contributed by atoms with van der Waals surface area (Å²) < 4.78 is 0. The SMILES string of the molecule is Cc1cccc(C(C)Nc2nc(C)nc3cccc(-c4cccnc4)c23)c1. The first-order valence-electron chi connectivity index (χ1n) is 9.12. The minimum Gasteiger partial charge on any atom is -0.363 e. The maximum absolute atomic E-state index is 4.73. The molecule has 2 heterocycles. The Balaban J connectivity index is 1.84. The topological polar surface area (TPSA) is 50.7 Å². The molecule has 0 radical (unpaired) electrons. The lowest BCUT2D eigenvalue weighted by molar-refractivity contribution is 0.870. The van der Waals surface area contributed by atoms with Crippen molar-refractivity contribution in [2.45, 2.75) is 26.8 Å². The number of nitrogens with zero attached hydrogens (tertiary/aromatic N) is 3. The van der Waals surface area contributed by atoms with Crippen LogP contribution in [0.4, 0.5) is 5.82 Å². The molecular weight excluding hydrogens is 332 g/mol. The van der Waals surface area contributed by atoms with Crippen LogP contribution in [0.25, 0.3) is 22.0 Å². The maximum atomic E-state index is 4.73. The van der Waals surface area contributed by atoms with Crippen LogP contribution in [0.15, 0.2) is 67.0 Å². The second-order valence-corrected chi connectivity index (χ2v) is 6.84. The van der Waals surface area contributed by atoms with Gasteiger partial charge in [0.1, 0.15) is 11.6 Å². The van der Waals surface area contributed by atoms with E-state index >= 15 is 0 Å². The van der Waals surface area contributed by atoms with Crippen LogP contribution in [0, 0.1) is 13.8 Å². The van der Waals surface area contributed by atoms with Gasteiger partial charge in [0, 0.05) is 24.0 Å². The number of pyridine rings is 1. The van der Waals surface area contributed by atoms with Gasteiger partial charge in [0.2, 0.25) is 0 Å². The number of rotatable bonds is 4. The number of fused-ring (bicyclic) bond motifs is 1. The van der Waals surface area contributed by atoms with Crippen molar-refractivity contribution in [2.24, 2.45) is 0 Å². The summed E-state index contributed by atoms with van der Waals surface area (Å²) in [7, 11) is 0. The van der Waals surface area contributed by atoms with Gasteiger partial charge in [-0.15, -0.1) is 0 Å². The van der Waals surface area contributed by atoms with E-state index in [0.717, 1.165) is 33.7 Å². The minimum atomic E-state index is 0.129. The summed E-state index contributed by atoms with van der Waals surface area (Å²) in [4.78, 5) is 13.6. The zero-order valence-electron chi connectivity index (χ0n) is 15.8. The number of aryl methyl sites for hydroxylation is 2. The van der Waals surface area contributed by atoms with Crippen molar-refractivity contribution in [1.82, 2.24) is 15.0 Å². The van der Waals surface area contributed by atoms with Crippen LogP contribution in [-0.4, -0.2) is 15.0 Å². The van der Waals surface area contributed by atoms with E-state index in [1.54, 1.807) is 6.20 Å². The summed E-state index contributed by atoms with van der Waals surface area (Å²) in [6.45, 7) is 6.20. The van der Waals surface area contributed by atoms with Gasteiger partial charge in [-0.25, -0.2) is 9.97 Å². The van der Waals surface area contributed by atoms with Gasteiger partial charge < -0.3 is 5.32 Å². The molecular formula is C23H22N4. The molecule has 27 heavy (non-hydrogen) atoms. The Kier molecular flexibility index (Phi) is 4.55. The fraction of sp³-hybridized carbons (Fsp3) is 0.174. The first-order valence-corrected chi connectivity index (χ1v) is 9.12. The number of anilines is 1. The van der Waals surface area contributed by atoms with Gasteiger partial charge in [-0.05, 0) is 44.0 Å².